The number of anilines is 2. The van der Waals surface area contributed by atoms with Crippen molar-refractivity contribution in [3.8, 4) is 5.75 Å². The molecule has 0 amide bonds. The fourth-order valence-corrected chi connectivity index (χ4v) is 2.00. The Balaban J connectivity index is 2.87. The molecule has 1 aromatic carbocycles. The lowest BCUT2D eigenvalue weighted by Gasteiger charge is -2.26. The number of rotatable bonds is 8. The van der Waals surface area contributed by atoms with Gasteiger partial charge < -0.3 is 20.3 Å². The quantitative estimate of drug-likeness (QED) is 0.733. The van der Waals surface area contributed by atoms with Crippen LogP contribution in [0.1, 0.15) is 20.3 Å². The summed E-state index contributed by atoms with van der Waals surface area (Å²) in [7, 11) is 4.18. The van der Waals surface area contributed by atoms with Crippen molar-refractivity contribution in [1.82, 2.24) is 4.90 Å². The van der Waals surface area contributed by atoms with E-state index in [-0.39, 0.29) is 0 Å². The van der Waals surface area contributed by atoms with Gasteiger partial charge in [0.15, 0.2) is 0 Å². The molecule has 0 aromatic heterocycles. The van der Waals surface area contributed by atoms with Gasteiger partial charge in [-0.3, -0.25) is 0 Å². The number of hydrogen-bond donors (Lipinski definition) is 1. The zero-order valence-corrected chi connectivity index (χ0v) is 12.6. The molecule has 0 bridgehead atoms. The average Bonchev–Trinajstić information content (AvgIpc) is 2.34. The molecule has 4 nitrogen and oxygen atoms in total. The number of nitrogens with zero attached hydrogens (tertiary/aromatic N) is 2. The Morgan fingerprint density at radius 2 is 1.79 bits per heavy atom. The Morgan fingerprint density at radius 1 is 1.05 bits per heavy atom. The summed E-state index contributed by atoms with van der Waals surface area (Å²) in [5.74, 6) is 0.850. The summed E-state index contributed by atoms with van der Waals surface area (Å²) in [6.45, 7) is 7.89. The van der Waals surface area contributed by atoms with Gasteiger partial charge >= 0.3 is 0 Å². The second-order valence-electron chi connectivity index (χ2n) is 4.98. The number of ether oxygens (including phenoxy) is 1. The second-order valence-corrected chi connectivity index (χ2v) is 4.98. The van der Waals surface area contributed by atoms with E-state index in [2.05, 4.69) is 36.9 Å². The van der Waals surface area contributed by atoms with Gasteiger partial charge in [-0.05, 0) is 33.5 Å². The van der Waals surface area contributed by atoms with Gasteiger partial charge in [0, 0.05) is 43.1 Å². The summed E-state index contributed by atoms with van der Waals surface area (Å²) in [5.41, 5.74) is 7.86. The zero-order chi connectivity index (χ0) is 14.3. The molecule has 0 unspecified atom stereocenters. The number of hydrogen-bond acceptors (Lipinski definition) is 4. The molecule has 0 aliphatic rings. The first-order valence-electron chi connectivity index (χ1n) is 6.99. The van der Waals surface area contributed by atoms with Crippen LogP contribution in [-0.2, 0) is 0 Å². The number of nitrogens with two attached hydrogens (primary N) is 1. The van der Waals surface area contributed by atoms with Crippen molar-refractivity contribution in [2.45, 2.75) is 20.3 Å². The van der Waals surface area contributed by atoms with Crippen molar-refractivity contribution in [3.63, 3.8) is 0 Å². The molecule has 108 valence electrons. The third kappa shape index (κ3) is 5.39. The summed E-state index contributed by atoms with van der Waals surface area (Å²) in [4.78, 5) is 4.55. The van der Waals surface area contributed by atoms with E-state index in [1.54, 1.807) is 0 Å². The summed E-state index contributed by atoms with van der Waals surface area (Å²) >= 11 is 0. The van der Waals surface area contributed by atoms with E-state index in [9.17, 15) is 0 Å². The van der Waals surface area contributed by atoms with Crippen molar-refractivity contribution < 1.29 is 4.74 Å². The van der Waals surface area contributed by atoms with Crippen LogP contribution in [0.25, 0.3) is 0 Å². The number of benzene rings is 1. The normalized spacial score (nSPS) is 10.8. The van der Waals surface area contributed by atoms with Crippen molar-refractivity contribution >= 4 is 11.4 Å². The Labute approximate surface area is 117 Å². The molecule has 0 aliphatic carbocycles. The van der Waals surface area contributed by atoms with Crippen LogP contribution in [0, 0.1) is 0 Å². The predicted molar refractivity (Wildman–Crippen MR) is 83.1 cm³/mol. The Hall–Kier alpha value is -1.42. The summed E-state index contributed by atoms with van der Waals surface area (Å²) < 4.78 is 5.56. The first-order valence-corrected chi connectivity index (χ1v) is 6.99. The summed E-state index contributed by atoms with van der Waals surface area (Å²) in [6.07, 6.45) is 1.12. The average molecular weight is 265 g/mol. The highest BCUT2D eigenvalue weighted by atomic mass is 16.5. The minimum atomic E-state index is 0.661. The van der Waals surface area contributed by atoms with E-state index in [4.69, 9.17) is 10.5 Å². The molecule has 4 heteroatoms. The number of nitrogen functional groups attached to an aromatic ring is 1. The monoisotopic (exact) mass is 265 g/mol. The molecule has 0 aliphatic heterocycles. The van der Waals surface area contributed by atoms with Gasteiger partial charge in [-0.1, -0.05) is 6.92 Å². The highest BCUT2D eigenvalue weighted by Crippen LogP contribution is 2.25. The Morgan fingerprint density at radius 3 is 2.37 bits per heavy atom. The molecule has 0 fully saturated rings. The van der Waals surface area contributed by atoms with Gasteiger partial charge in [0.1, 0.15) is 5.75 Å². The smallest absolute Gasteiger partial charge is 0.123 e. The molecule has 1 rings (SSSR count). The largest absolute Gasteiger partial charge is 0.494 e. The van der Waals surface area contributed by atoms with E-state index in [0.29, 0.717) is 6.61 Å². The van der Waals surface area contributed by atoms with Crippen LogP contribution >= 0.6 is 0 Å². The van der Waals surface area contributed by atoms with Gasteiger partial charge in [0.25, 0.3) is 0 Å². The maximum atomic E-state index is 5.96. The first-order chi connectivity index (χ1) is 9.06. The second kappa shape index (κ2) is 7.89. The lowest BCUT2D eigenvalue weighted by molar-refractivity contribution is 0.340. The van der Waals surface area contributed by atoms with Crippen LogP contribution in [-0.4, -0.2) is 45.2 Å². The molecule has 0 atom stereocenters. The van der Waals surface area contributed by atoms with E-state index in [1.807, 2.05) is 19.1 Å². The van der Waals surface area contributed by atoms with E-state index < -0.39 is 0 Å². The van der Waals surface area contributed by atoms with Crippen molar-refractivity contribution in [2.24, 2.45) is 0 Å². The van der Waals surface area contributed by atoms with Gasteiger partial charge in [-0.15, -0.1) is 0 Å². The minimum absolute atomic E-state index is 0.661. The summed E-state index contributed by atoms with van der Waals surface area (Å²) in [5, 5.41) is 0. The lowest BCUT2D eigenvalue weighted by Crippen LogP contribution is -2.32. The summed E-state index contributed by atoms with van der Waals surface area (Å²) in [6, 6.07) is 5.97. The molecule has 0 spiro atoms. The zero-order valence-electron chi connectivity index (χ0n) is 12.6. The number of likely N-dealkylation sites (N-methyl/N-ethyl adjacent to an activating group) is 1. The molecule has 0 saturated heterocycles. The third-order valence-corrected chi connectivity index (χ3v) is 2.90. The maximum Gasteiger partial charge on any atom is 0.123 e. The molecule has 0 radical (unpaired) electrons. The standard InChI is InChI=1S/C15H27N3O/c1-5-7-18(9-8-17(3)4)14-10-13(16)11-15(12-14)19-6-2/h10-12H,5-9,16H2,1-4H3. The minimum Gasteiger partial charge on any atom is -0.494 e. The topological polar surface area (TPSA) is 41.7 Å². The molecule has 19 heavy (non-hydrogen) atoms. The molecule has 2 N–H and O–H groups in total. The fourth-order valence-electron chi connectivity index (χ4n) is 2.00. The van der Waals surface area contributed by atoms with Crippen LogP contribution in [0.5, 0.6) is 5.75 Å². The molecular weight excluding hydrogens is 238 g/mol. The van der Waals surface area contributed by atoms with Crippen LogP contribution in [0.4, 0.5) is 11.4 Å². The third-order valence-electron chi connectivity index (χ3n) is 2.90. The Bertz CT molecular complexity index is 380. The van der Waals surface area contributed by atoms with Gasteiger partial charge in [-0.25, -0.2) is 0 Å². The SMILES string of the molecule is CCCN(CCN(C)C)c1cc(N)cc(OCC)c1. The molecular formula is C15H27N3O. The van der Waals surface area contributed by atoms with Gasteiger partial charge in [-0.2, -0.15) is 0 Å². The van der Waals surface area contributed by atoms with Crippen LogP contribution in [0.2, 0.25) is 0 Å². The van der Waals surface area contributed by atoms with Crippen LogP contribution in [0.15, 0.2) is 18.2 Å². The predicted octanol–water partition coefficient (Wildman–Crippen LogP) is 2.45. The highest BCUT2D eigenvalue weighted by Gasteiger charge is 2.08. The van der Waals surface area contributed by atoms with Crippen LogP contribution in [0.3, 0.4) is 0 Å². The van der Waals surface area contributed by atoms with E-state index in [1.165, 1.54) is 0 Å². The molecule has 0 heterocycles. The van der Waals surface area contributed by atoms with Gasteiger partial charge in [0.2, 0.25) is 0 Å². The van der Waals surface area contributed by atoms with E-state index >= 15 is 0 Å². The lowest BCUT2D eigenvalue weighted by atomic mass is 10.2. The maximum absolute atomic E-state index is 5.96. The van der Waals surface area contributed by atoms with Crippen molar-refractivity contribution in [1.29, 1.82) is 0 Å². The van der Waals surface area contributed by atoms with Crippen LogP contribution < -0.4 is 15.4 Å². The van der Waals surface area contributed by atoms with Crippen molar-refractivity contribution in [2.75, 3.05) is 51.0 Å². The van der Waals surface area contributed by atoms with E-state index in [0.717, 1.165) is 43.2 Å². The molecule has 0 saturated carbocycles. The van der Waals surface area contributed by atoms with Gasteiger partial charge in [0.05, 0.1) is 6.61 Å². The van der Waals surface area contributed by atoms with Crippen molar-refractivity contribution in [3.05, 3.63) is 18.2 Å². The molecule has 1 aromatic rings. The first kappa shape index (κ1) is 15.6. The fraction of sp³-hybridized carbons (Fsp3) is 0.600. The highest BCUT2D eigenvalue weighted by molar-refractivity contribution is 5.60. The Kier molecular flexibility index (Phi) is 6.50.